The summed E-state index contributed by atoms with van der Waals surface area (Å²) in [4.78, 5) is 11.9. The largest absolute Gasteiger partial charge is 0.327 e. The van der Waals surface area contributed by atoms with Gasteiger partial charge in [0.05, 0.1) is 5.92 Å². The van der Waals surface area contributed by atoms with E-state index in [1.807, 2.05) is 0 Å². The van der Waals surface area contributed by atoms with Crippen LogP contribution in [-0.4, -0.2) is 11.9 Å². The SMILES string of the molecule is NC1CCCCC1C(=O)Nc1c(F)c(F)c(F)c(F)c1F. The molecule has 1 saturated carbocycles. The summed E-state index contributed by atoms with van der Waals surface area (Å²) in [5.41, 5.74) is 4.40. The Bertz CT molecular complexity index is 549. The molecule has 0 radical (unpaired) electrons. The van der Waals surface area contributed by atoms with Crippen molar-refractivity contribution in [1.82, 2.24) is 0 Å². The Balaban J connectivity index is 2.29. The van der Waals surface area contributed by atoms with E-state index >= 15 is 0 Å². The molecule has 0 spiro atoms. The van der Waals surface area contributed by atoms with Gasteiger partial charge in [0.25, 0.3) is 0 Å². The highest BCUT2D eigenvalue weighted by atomic mass is 19.2. The Morgan fingerprint density at radius 3 is 1.90 bits per heavy atom. The van der Waals surface area contributed by atoms with Crippen LogP contribution in [0.1, 0.15) is 25.7 Å². The molecule has 0 heterocycles. The van der Waals surface area contributed by atoms with Gasteiger partial charge in [0.2, 0.25) is 11.7 Å². The molecule has 1 amide bonds. The predicted molar refractivity (Wildman–Crippen MR) is 64.8 cm³/mol. The smallest absolute Gasteiger partial charge is 0.229 e. The van der Waals surface area contributed by atoms with E-state index in [-0.39, 0.29) is 0 Å². The van der Waals surface area contributed by atoms with Crippen LogP contribution in [0.5, 0.6) is 0 Å². The summed E-state index contributed by atoms with van der Waals surface area (Å²) in [6.45, 7) is 0. The zero-order valence-electron chi connectivity index (χ0n) is 10.9. The maximum atomic E-state index is 13.5. The minimum Gasteiger partial charge on any atom is -0.327 e. The summed E-state index contributed by atoms with van der Waals surface area (Å²) in [6.07, 6.45) is 2.51. The van der Waals surface area contributed by atoms with Crippen molar-refractivity contribution in [3.8, 4) is 0 Å². The first kappa shape index (κ1) is 15.7. The summed E-state index contributed by atoms with van der Waals surface area (Å²) >= 11 is 0. The lowest BCUT2D eigenvalue weighted by Gasteiger charge is -2.27. The van der Waals surface area contributed by atoms with Crippen LogP contribution in [0.3, 0.4) is 0 Å². The Labute approximate surface area is 117 Å². The van der Waals surface area contributed by atoms with Crippen molar-refractivity contribution in [3.63, 3.8) is 0 Å². The molecular weight excluding hydrogens is 295 g/mol. The molecule has 1 aliphatic rings. The number of hydrogen-bond acceptors (Lipinski definition) is 2. The van der Waals surface area contributed by atoms with Crippen LogP contribution in [0.15, 0.2) is 0 Å². The molecule has 0 aromatic heterocycles. The molecule has 2 unspecified atom stereocenters. The van der Waals surface area contributed by atoms with E-state index in [1.54, 1.807) is 5.32 Å². The van der Waals surface area contributed by atoms with Gasteiger partial charge >= 0.3 is 0 Å². The van der Waals surface area contributed by atoms with Crippen molar-refractivity contribution in [1.29, 1.82) is 0 Å². The van der Waals surface area contributed by atoms with Crippen molar-refractivity contribution >= 4 is 11.6 Å². The first-order chi connectivity index (χ1) is 9.84. The Morgan fingerprint density at radius 1 is 0.905 bits per heavy atom. The van der Waals surface area contributed by atoms with Crippen molar-refractivity contribution < 1.29 is 26.7 Å². The quantitative estimate of drug-likeness (QED) is 0.501. The first-order valence-corrected chi connectivity index (χ1v) is 6.42. The van der Waals surface area contributed by atoms with E-state index in [0.717, 1.165) is 6.42 Å². The molecule has 1 aromatic carbocycles. The van der Waals surface area contributed by atoms with Crippen LogP contribution in [0, 0.1) is 35.0 Å². The Hall–Kier alpha value is -1.70. The minimum absolute atomic E-state index is 0.405. The fourth-order valence-corrected chi connectivity index (χ4v) is 2.42. The van der Waals surface area contributed by atoms with Gasteiger partial charge in [0, 0.05) is 6.04 Å². The van der Waals surface area contributed by atoms with Gasteiger partial charge in [-0.25, -0.2) is 22.0 Å². The van der Waals surface area contributed by atoms with Gasteiger partial charge < -0.3 is 11.1 Å². The molecule has 116 valence electrons. The molecule has 21 heavy (non-hydrogen) atoms. The second-order valence-corrected chi connectivity index (χ2v) is 4.99. The van der Waals surface area contributed by atoms with Gasteiger partial charge in [0.15, 0.2) is 23.3 Å². The molecule has 1 aliphatic carbocycles. The third kappa shape index (κ3) is 2.85. The third-order valence-corrected chi connectivity index (χ3v) is 3.61. The van der Waals surface area contributed by atoms with E-state index < -0.39 is 52.6 Å². The number of benzene rings is 1. The summed E-state index contributed by atoms with van der Waals surface area (Å²) < 4.78 is 65.9. The van der Waals surface area contributed by atoms with Crippen molar-refractivity contribution in [3.05, 3.63) is 29.1 Å². The van der Waals surface area contributed by atoms with E-state index in [1.165, 1.54) is 0 Å². The molecule has 2 rings (SSSR count). The fraction of sp³-hybridized carbons (Fsp3) is 0.462. The fourth-order valence-electron chi connectivity index (χ4n) is 2.42. The Kier molecular flexibility index (Phi) is 4.46. The van der Waals surface area contributed by atoms with Crippen LogP contribution >= 0.6 is 0 Å². The average Bonchev–Trinajstić information content (AvgIpc) is 2.48. The Morgan fingerprint density at radius 2 is 1.38 bits per heavy atom. The summed E-state index contributed by atoms with van der Waals surface area (Å²) in [7, 11) is 0. The van der Waals surface area contributed by atoms with E-state index in [4.69, 9.17) is 5.73 Å². The van der Waals surface area contributed by atoms with Crippen LogP contribution in [0.4, 0.5) is 27.6 Å². The lowest BCUT2D eigenvalue weighted by molar-refractivity contribution is -0.121. The molecule has 8 heteroatoms. The standard InChI is InChI=1S/C13H13F5N2O/c14-7-8(15)10(17)12(11(18)9(7)16)20-13(21)5-3-1-2-4-6(5)19/h5-6H,1-4,19H2,(H,20,21). The van der Waals surface area contributed by atoms with Gasteiger partial charge in [0.1, 0.15) is 5.69 Å². The van der Waals surface area contributed by atoms with Crippen molar-refractivity contribution in [2.45, 2.75) is 31.7 Å². The number of anilines is 1. The van der Waals surface area contributed by atoms with Gasteiger partial charge in [-0.15, -0.1) is 0 Å². The molecule has 0 aliphatic heterocycles. The number of amides is 1. The molecular formula is C13H13F5N2O. The van der Waals surface area contributed by atoms with E-state index in [0.29, 0.717) is 19.3 Å². The van der Waals surface area contributed by atoms with Gasteiger partial charge in [-0.05, 0) is 12.8 Å². The molecule has 2 atom stereocenters. The van der Waals surface area contributed by atoms with Crippen LogP contribution in [-0.2, 0) is 4.79 Å². The summed E-state index contributed by atoms with van der Waals surface area (Å²) in [6, 6.07) is -0.500. The minimum atomic E-state index is -2.27. The number of nitrogens with two attached hydrogens (primary N) is 1. The molecule has 1 fully saturated rings. The lowest BCUT2D eigenvalue weighted by Crippen LogP contribution is -2.41. The van der Waals surface area contributed by atoms with Crippen LogP contribution in [0.2, 0.25) is 0 Å². The number of hydrogen-bond donors (Lipinski definition) is 2. The zero-order chi connectivity index (χ0) is 15.7. The molecule has 0 saturated heterocycles. The lowest BCUT2D eigenvalue weighted by atomic mass is 9.84. The molecule has 1 aromatic rings. The highest BCUT2D eigenvalue weighted by molar-refractivity contribution is 5.93. The number of rotatable bonds is 2. The number of nitrogens with one attached hydrogen (secondary N) is 1. The van der Waals surface area contributed by atoms with Gasteiger partial charge in [-0.2, -0.15) is 0 Å². The average molecular weight is 308 g/mol. The van der Waals surface area contributed by atoms with Gasteiger partial charge in [-0.1, -0.05) is 12.8 Å². The van der Waals surface area contributed by atoms with Crippen molar-refractivity contribution in [2.75, 3.05) is 5.32 Å². The number of carbonyl (C=O) groups excluding carboxylic acids is 1. The predicted octanol–water partition coefficient (Wildman–Crippen LogP) is 2.84. The summed E-state index contributed by atoms with van der Waals surface area (Å²) in [5.74, 6) is -12.2. The van der Waals surface area contributed by atoms with Gasteiger partial charge in [-0.3, -0.25) is 4.79 Å². The van der Waals surface area contributed by atoms with E-state index in [2.05, 4.69) is 0 Å². The maximum Gasteiger partial charge on any atom is 0.229 e. The third-order valence-electron chi connectivity index (χ3n) is 3.61. The molecule has 0 bridgehead atoms. The normalized spacial score (nSPS) is 22.2. The first-order valence-electron chi connectivity index (χ1n) is 6.42. The topological polar surface area (TPSA) is 55.1 Å². The second-order valence-electron chi connectivity index (χ2n) is 4.99. The number of halogens is 5. The second kappa shape index (κ2) is 5.97. The molecule has 3 nitrogen and oxygen atoms in total. The van der Waals surface area contributed by atoms with Crippen LogP contribution in [0.25, 0.3) is 0 Å². The zero-order valence-corrected chi connectivity index (χ0v) is 10.9. The highest BCUT2D eigenvalue weighted by Crippen LogP contribution is 2.29. The number of carbonyl (C=O) groups is 1. The molecule has 3 N–H and O–H groups in total. The van der Waals surface area contributed by atoms with Crippen molar-refractivity contribution in [2.24, 2.45) is 11.7 Å². The van der Waals surface area contributed by atoms with E-state index in [9.17, 15) is 26.7 Å². The maximum absolute atomic E-state index is 13.5. The summed E-state index contributed by atoms with van der Waals surface area (Å²) in [5, 5.41) is 1.77. The monoisotopic (exact) mass is 308 g/mol. The van der Waals surface area contributed by atoms with Crippen LogP contribution < -0.4 is 11.1 Å². The highest BCUT2D eigenvalue weighted by Gasteiger charge is 2.32.